The summed E-state index contributed by atoms with van der Waals surface area (Å²) < 4.78 is 24.9. The molecule has 0 aromatic rings. The number of sulfonamides is 1. The summed E-state index contributed by atoms with van der Waals surface area (Å²) in [5.74, 6) is 0. The molecule has 1 aliphatic rings. The van der Waals surface area contributed by atoms with Gasteiger partial charge < -0.3 is 5.73 Å². The fraction of sp³-hybridized carbons (Fsp3) is 1.00. The first-order chi connectivity index (χ1) is 6.65. The summed E-state index contributed by atoms with van der Waals surface area (Å²) >= 11 is 0. The lowest BCUT2D eigenvalue weighted by Gasteiger charge is -2.29. The summed E-state index contributed by atoms with van der Waals surface area (Å²) in [6.07, 6.45) is 2.10. The minimum absolute atomic E-state index is 0.0626. The summed E-state index contributed by atoms with van der Waals surface area (Å²) in [6.45, 7) is 6.31. The third-order valence-corrected chi connectivity index (χ3v) is 5.63. The van der Waals surface area contributed by atoms with Crippen molar-refractivity contribution in [1.82, 2.24) is 4.31 Å². The highest BCUT2D eigenvalue weighted by Gasteiger charge is 2.45. The lowest BCUT2D eigenvalue weighted by molar-refractivity contribution is 0.362. The molecule has 0 spiro atoms. The minimum atomic E-state index is -3.20. The molecule has 0 heterocycles. The summed E-state index contributed by atoms with van der Waals surface area (Å²) in [5.41, 5.74) is 5.71. The summed E-state index contributed by atoms with van der Waals surface area (Å²) in [7, 11) is -1.55. The normalized spacial score (nSPS) is 20.7. The molecule has 1 saturated carbocycles. The standard InChI is InChI=1S/C10H22N2O2S/c1-9(2,3)15(13,14)12(4)8-10(7-11)5-6-10/h5-8,11H2,1-4H3. The largest absolute Gasteiger partial charge is 0.330 e. The highest BCUT2D eigenvalue weighted by atomic mass is 32.2. The van der Waals surface area contributed by atoms with Gasteiger partial charge in [0.25, 0.3) is 0 Å². The molecule has 15 heavy (non-hydrogen) atoms. The van der Waals surface area contributed by atoms with E-state index in [1.165, 1.54) is 4.31 Å². The van der Waals surface area contributed by atoms with E-state index in [0.717, 1.165) is 12.8 Å². The molecule has 0 unspecified atom stereocenters. The smallest absolute Gasteiger partial charge is 0.218 e. The van der Waals surface area contributed by atoms with Gasteiger partial charge in [0, 0.05) is 13.6 Å². The van der Waals surface area contributed by atoms with Crippen molar-refractivity contribution in [3.8, 4) is 0 Å². The Balaban J connectivity index is 2.73. The van der Waals surface area contributed by atoms with E-state index in [0.29, 0.717) is 13.1 Å². The molecule has 0 aliphatic heterocycles. The zero-order chi connectivity index (χ0) is 11.9. The minimum Gasteiger partial charge on any atom is -0.330 e. The second-order valence-electron chi connectivity index (χ2n) is 5.58. The van der Waals surface area contributed by atoms with Crippen molar-refractivity contribution in [1.29, 1.82) is 0 Å². The Morgan fingerprint density at radius 2 is 1.80 bits per heavy atom. The molecular weight excluding hydrogens is 212 g/mol. The lowest BCUT2D eigenvalue weighted by atomic mass is 10.1. The van der Waals surface area contributed by atoms with Crippen LogP contribution in [0.3, 0.4) is 0 Å². The van der Waals surface area contributed by atoms with Crippen LogP contribution in [-0.2, 0) is 10.0 Å². The highest BCUT2D eigenvalue weighted by molar-refractivity contribution is 7.90. The predicted molar refractivity (Wildman–Crippen MR) is 62.0 cm³/mol. The first-order valence-corrected chi connectivity index (χ1v) is 6.75. The predicted octanol–water partition coefficient (Wildman–Crippen LogP) is 0.785. The van der Waals surface area contributed by atoms with Crippen LogP contribution in [0.5, 0.6) is 0 Å². The molecule has 4 nitrogen and oxygen atoms in total. The van der Waals surface area contributed by atoms with E-state index < -0.39 is 14.8 Å². The maximum atomic E-state index is 12.1. The molecule has 0 atom stereocenters. The van der Waals surface area contributed by atoms with Gasteiger partial charge >= 0.3 is 0 Å². The summed E-state index contributed by atoms with van der Waals surface area (Å²) in [6, 6.07) is 0. The van der Waals surface area contributed by atoms with Gasteiger partial charge in [-0.15, -0.1) is 0 Å². The Morgan fingerprint density at radius 1 is 1.33 bits per heavy atom. The van der Waals surface area contributed by atoms with Gasteiger partial charge in [0.1, 0.15) is 0 Å². The fourth-order valence-electron chi connectivity index (χ4n) is 1.63. The third-order valence-electron chi connectivity index (χ3n) is 3.13. The molecule has 0 aromatic heterocycles. The molecular formula is C10H22N2O2S. The molecule has 0 bridgehead atoms. The highest BCUT2D eigenvalue weighted by Crippen LogP contribution is 2.45. The van der Waals surface area contributed by atoms with Crippen molar-refractivity contribution in [3.63, 3.8) is 0 Å². The molecule has 90 valence electrons. The first-order valence-electron chi connectivity index (χ1n) is 5.31. The van der Waals surface area contributed by atoms with E-state index in [1.807, 2.05) is 0 Å². The third kappa shape index (κ3) is 2.52. The maximum Gasteiger partial charge on any atom is 0.218 e. The van der Waals surface area contributed by atoms with E-state index in [-0.39, 0.29) is 5.41 Å². The van der Waals surface area contributed by atoms with Crippen LogP contribution in [0.25, 0.3) is 0 Å². The van der Waals surface area contributed by atoms with E-state index in [1.54, 1.807) is 27.8 Å². The Labute approximate surface area is 92.9 Å². The summed E-state index contributed by atoms with van der Waals surface area (Å²) in [5, 5.41) is 0. The molecule has 0 saturated heterocycles. The van der Waals surface area contributed by atoms with Crippen LogP contribution >= 0.6 is 0 Å². The number of hydrogen-bond acceptors (Lipinski definition) is 3. The first kappa shape index (κ1) is 12.9. The zero-order valence-electron chi connectivity index (χ0n) is 10.1. The van der Waals surface area contributed by atoms with Crippen LogP contribution in [0.15, 0.2) is 0 Å². The van der Waals surface area contributed by atoms with Crippen molar-refractivity contribution in [3.05, 3.63) is 0 Å². The lowest BCUT2D eigenvalue weighted by Crippen LogP contribution is -2.44. The molecule has 5 heteroatoms. The number of rotatable bonds is 4. The van der Waals surface area contributed by atoms with E-state index in [4.69, 9.17) is 5.73 Å². The molecule has 0 aromatic carbocycles. The van der Waals surface area contributed by atoms with Crippen LogP contribution < -0.4 is 5.73 Å². The van der Waals surface area contributed by atoms with Crippen LogP contribution in [0.2, 0.25) is 0 Å². The Hall–Kier alpha value is -0.130. The van der Waals surface area contributed by atoms with E-state index >= 15 is 0 Å². The second kappa shape index (κ2) is 3.71. The second-order valence-corrected chi connectivity index (χ2v) is 8.38. The van der Waals surface area contributed by atoms with Crippen LogP contribution in [-0.4, -0.2) is 37.6 Å². The van der Waals surface area contributed by atoms with Gasteiger partial charge in [-0.2, -0.15) is 0 Å². The molecule has 0 amide bonds. The van der Waals surface area contributed by atoms with Crippen molar-refractivity contribution >= 4 is 10.0 Å². The Kier molecular flexibility index (Phi) is 3.20. The van der Waals surface area contributed by atoms with E-state index in [9.17, 15) is 8.42 Å². The number of nitrogens with zero attached hydrogens (tertiary/aromatic N) is 1. The number of nitrogens with two attached hydrogens (primary N) is 1. The average Bonchev–Trinajstić information content (AvgIpc) is 2.83. The van der Waals surface area contributed by atoms with Gasteiger partial charge in [-0.3, -0.25) is 0 Å². The molecule has 1 rings (SSSR count). The SMILES string of the molecule is CN(CC1(CN)CC1)S(=O)(=O)C(C)(C)C. The fourth-order valence-corrected chi connectivity index (χ4v) is 3.01. The van der Waals surface area contributed by atoms with Crippen LogP contribution in [0.4, 0.5) is 0 Å². The van der Waals surface area contributed by atoms with Crippen molar-refractivity contribution < 1.29 is 8.42 Å². The zero-order valence-corrected chi connectivity index (χ0v) is 10.9. The van der Waals surface area contributed by atoms with Crippen LogP contribution in [0, 0.1) is 5.41 Å². The van der Waals surface area contributed by atoms with Gasteiger partial charge in [-0.05, 0) is 45.6 Å². The van der Waals surface area contributed by atoms with Gasteiger partial charge in [0.15, 0.2) is 0 Å². The van der Waals surface area contributed by atoms with Gasteiger partial charge in [0.2, 0.25) is 10.0 Å². The van der Waals surface area contributed by atoms with Crippen molar-refractivity contribution in [2.45, 2.75) is 38.4 Å². The number of hydrogen-bond donors (Lipinski definition) is 1. The Bertz CT molecular complexity index is 326. The van der Waals surface area contributed by atoms with Crippen molar-refractivity contribution in [2.24, 2.45) is 11.1 Å². The monoisotopic (exact) mass is 234 g/mol. The molecule has 1 aliphatic carbocycles. The molecule has 2 N–H and O–H groups in total. The van der Waals surface area contributed by atoms with Gasteiger partial charge in [-0.25, -0.2) is 12.7 Å². The van der Waals surface area contributed by atoms with Gasteiger partial charge in [-0.1, -0.05) is 0 Å². The van der Waals surface area contributed by atoms with Crippen molar-refractivity contribution in [2.75, 3.05) is 20.1 Å². The summed E-state index contributed by atoms with van der Waals surface area (Å²) in [4.78, 5) is 0. The quantitative estimate of drug-likeness (QED) is 0.782. The maximum absolute atomic E-state index is 12.1. The topological polar surface area (TPSA) is 63.4 Å². The van der Waals surface area contributed by atoms with E-state index in [2.05, 4.69) is 0 Å². The average molecular weight is 234 g/mol. The Morgan fingerprint density at radius 3 is 2.07 bits per heavy atom. The van der Waals surface area contributed by atoms with Gasteiger partial charge in [0.05, 0.1) is 4.75 Å². The molecule has 1 fully saturated rings. The molecule has 0 radical (unpaired) electrons. The van der Waals surface area contributed by atoms with Crippen LogP contribution in [0.1, 0.15) is 33.6 Å².